The highest BCUT2D eigenvalue weighted by Gasteiger charge is 2.39. The maximum absolute atomic E-state index is 14.6. The number of aliphatic hydroxyl groups is 1. The molecular formula is C79H138N4O11. The molecule has 3 heterocycles. The number of hydrogen-bond donors (Lipinski definition) is 2. The van der Waals surface area contributed by atoms with Gasteiger partial charge in [0.1, 0.15) is 18.4 Å². The molecule has 2 aliphatic rings. The van der Waals surface area contributed by atoms with Gasteiger partial charge in [0.25, 0.3) is 11.5 Å². The summed E-state index contributed by atoms with van der Waals surface area (Å²) in [5.41, 5.74) is -0.387. The number of esters is 1. The molecule has 0 bridgehead atoms. The van der Waals surface area contributed by atoms with Crippen LogP contribution in [-0.2, 0) is 19.1 Å². The van der Waals surface area contributed by atoms with Crippen molar-refractivity contribution in [1.29, 1.82) is 0 Å². The lowest BCUT2D eigenvalue weighted by atomic mass is 10.0. The SMILES string of the molecule is CCCCCCCCCCCCCCCCCCOc1cc(C(=O)N2CCN(C(=O)CCC(=O)OC3C[C@H](n4cc(C)c(=O)[nH]c4=O)O[C@@H]3CO)CC2)cc(OCCCCCCCCCCCCCCCCCC)c1OCCCCCCCCCCCCCCCCCC. The van der Waals surface area contributed by atoms with E-state index in [-0.39, 0.29) is 31.1 Å². The number of aryl methyl sites for hydroxylation is 1. The molecule has 1 aromatic heterocycles. The van der Waals surface area contributed by atoms with E-state index < -0.39 is 42.3 Å². The largest absolute Gasteiger partial charge is 0.490 e. The number of aliphatic hydroxyl groups excluding tert-OH is 1. The van der Waals surface area contributed by atoms with E-state index in [4.69, 9.17) is 23.7 Å². The van der Waals surface area contributed by atoms with Crippen LogP contribution < -0.4 is 25.5 Å². The normalized spacial score (nSPS) is 15.7. The number of ether oxygens (including phenoxy) is 5. The number of nitrogens with one attached hydrogen (secondary N) is 1. The summed E-state index contributed by atoms with van der Waals surface area (Å²) in [6.45, 7) is 10.8. The Hall–Kier alpha value is -4.37. The maximum Gasteiger partial charge on any atom is 0.330 e. The molecule has 2 amide bonds. The highest BCUT2D eigenvalue weighted by atomic mass is 16.6. The number of piperazine rings is 1. The summed E-state index contributed by atoms with van der Waals surface area (Å²) >= 11 is 0. The van der Waals surface area contributed by atoms with Crippen LogP contribution in [0.1, 0.15) is 370 Å². The first-order valence-electron chi connectivity index (χ1n) is 39.5. The monoisotopic (exact) mass is 1320 g/mol. The number of rotatable bonds is 61. The smallest absolute Gasteiger partial charge is 0.330 e. The van der Waals surface area contributed by atoms with Gasteiger partial charge in [-0.25, -0.2) is 4.79 Å². The summed E-state index contributed by atoms with van der Waals surface area (Å²) in [4.78, 5) is 71.5. The molecule has 1 aromatic carbocycles. The van der Waals surface area contributed by atoms with E-state index in [1.165, 1.54) is 280 Å². The fraction of sp³-hybridized carbons (Fsp3) is 0.835. The Morgan fingerprint density at radius 1 is 0.479 bits per heavy atom. The minimum atomic E-state index is -0.885. The third-order valence-corrected chi connectivity index (χ3v) is 19.6. The van der Waals surface area contributed by atoms with Gasteiger partial charge < -0.3 is 38.6 Å². The number of amides is 2. The second-order valence-electron chi connectivity index (χ2n) is 28.0. The van der Waals surface area contributed by atoms with Gasteiger partial charge in [0.05, 0.1) is 32.8 Å². The van der Waals surface area contributed by atoms with Crippen molar-refractivity contribution in [3.05, 3.63) is 50.3 Å². The van der Waals surface area contributed by atoms with Crippen molar-refractivity contribution >= 4 is 17.8 Å². The molecular weight excluding hydrogens is 1180 g/mol. The minimum Gasteiger partial charge on any atom is -0.490 e. The van der Waals surface area contributed by atoms with Crippen molar-refractivity contribution in [2.75, 3.05) is 52.6 Å². The van der Waals surface area contributed by atoms with Crippen molar-refractivity contribution in [1.82, 2.24) is 19.4 Å². The van der Waals surface area contributed by atoms with Crippen LogP contribution in [0.25, 0.3) is 0 Å². The lowest BCUT2D eigenvalue weighted by Gasteiger charge is -2.35. The lowest BCUT2D eigenvalue weighted by molar-refractivity contribution is -0.154. The molecule has 0 spiro atoms. The Bertz CT molecular complexity index is 2290. The molecule has 2 fully saturated rings. The molecule has 540 valence electrons. The van der Waals surface area contributed by atoms with Crippen LogP contribution in [-0.4, -0.2) is 107 Å². The van der Waals surface area contributed by atoms with E-state index in [0.29, 0.717) is 74.4 Å². The van der Waals surface area contributed by atoms with E-state index in [9.17, 15) is 29.1 Å². The number of unbranched alkanes of at least 4 members (excludes halogenated alkanes) is 45. The third kappa shape index (κ3) is 36.8. The quantitative estimate of drug-likeness (QED) is 0.0475. The molecule has 2 aliphatic heterocycles. The van der Waals surface area contributed by atoms with Crippen LogP contribution in [0, 0.1) is 6.92 Å². The maximum atomic E-state index is 14.6. The first kappa shape index (κ1) is 82.1. The van der Waals surface area contributed by atoms with E-state index in [0.717, 1.165) is 38.5 Å². The molecule has 2 N–H and O–H groups in total. The lowest BCUT2D eigenvalue weighted by Crippen LogP contribution is -2.50. The zero-order valence-corrected chi connectivity index (χ0v) is 60.6. The number of nitrogens with zero attached hydrogens (tertiary/aromatic N) is 3. The standard InChI is InChI=1S/C79H138N4O11/c1-5-8-11-14-17-20-23-26-29-32-35-38-41-44-47-50-59-90-70-62-68(78(88)82-57-55-81(56-58-82)73(85)53-54-75(86)94-69-64-74(93-72(69)66-84)83-65-67(4)77(87)80-79(83)89)63-71(91-60-51-48-45-42-39-36-33-30-27-24-21-18-15-12-9-6-2)76(70)92-61-52-49-46-43-40-37-34-31-28-25-22-19-16-13-10-7-3/h62-63,65,69,72,74,84H,5-61,64,66H2,1-4H3,(H,80,87,89)/t69?,72-,74-/m1/s1. The van der Waals surface area contributed by atoms with Crippen LogP contribution >= 0.6 is 0 Å². The zero-order valence-electron chi connectivity index (χ0n) is 60.6. The zero-order chi connectivity index (χ0) is 67.3. The van der Waals surface area contributed by atoms with Crippen LogP contribution in [0.5, 0.6) is 17.2 Å². The fourth-order valence-corrected chi connectivity index (χ4v) is 13.4. The van der Waals surface area contributed by atoms with E-state index in [1.807, 2.05) is 12.1 Å². The average Bonchev–Trinajstić information content (AvgIpc) is 1.15. The highest BCUT2D eigenvalue weighted by molar-refractivity contribution is 5.96. The van der Waals surface area contributed by atoms with Crippen LogP contribution in [0.4, 0.5) is 0 Å². The van der Waals surface area contributed by atoms with Gasteiger partial charge >= 0.3 is 11.7 Å². The first-order chi connectivity index (χ1) is 46.1. The number of H-pyrrole nitrogens is 1. The molecule has 0 radical (unpaired) electrons. The van der Waals surface area contributed by atoms with Crippen molar-refractivity contribution in [3.8, 4) is 17.2 Å². The highest BCUT2D eigenvalue weighted by Crippen LogP contribution is 2.40. The number of carbonyl (C=O) groups is 3. The predicted octanol–water partition coefficient (Wildman–Crippen LogP) is 19.7. The minimum absolute atomic E-state index is 0.0853. The number of aromatic amines is 1. The number of benzene rings is 1. The van der Waals surface area contributed by atoms with Gasteiger partial charge in [-0.15, -0.1) is 0 Å². The molecule has 1 unspecified atom stereocenters. The first-order valence-corrected chi connectivity index (χ1v) is 39.5. The average molecular weight is 1320 g/mol. The van der Waals surface area contributed by atoms with Crippen molar-refractivity contribution in [2.45, 2.75) is 374 Å². The Labute approximate surface area is 571 Å². The molecule has 0 aliphatic carbocycles. The summed E-state index contributed by atoms with van der Waals surface area (Å²) in [7, 11) is 0. The second-order valence-corrected chi connectivity index (χ2v) is 28.0. The van der Waals surface area contributed by atoms with Gasteiger partial charge in [-0.2, -0.15) is 0 Å². The van der Waals surface area contributed by atoms with Crippen molar-refractivity contribution in [3.63, 3.8) is 0 Å². The van der Waals surface area contributed by atoms with Crippen LogP contribution in [0.2, 0.25) is 0 Å². The third-order valence-electron chi connectivity index (χ3n) is 19.6. The van der Waals surface area contributed by atoms with Gasteiger partial charge in [0, 0.05) is 56.3 Å². The Morgan fingerprint density at radius 2 is 0.819 bits per heavy atom. The molecule has 15 heteroatoms. The van der Waals surface area contributed by atoms with Gasteiger partial charge in [-0.3, -0.25) is 28.7 Å². The molecule has 2 aromatic rings. The van der Waals surface area contributed by atoms with Crippen molar-refractivity contribution in [2.24, 2.45) is 0 Å². The number of aromatic nitrogens is 2. The topological polar surface area (TPSA) is 179 Å². The van der Waals surface area contributed by atoms with Gasteiger partial charge in [-0.05, 0) is 38.3 Å². The van der Waals surface area contributed by atoms with Gasteiger partial charge in [0.15, 0.2) is 11.5 Å². The summed E-state index contributed by atoms with van der Waals surface area (Å²) in [5.74, 6) is 0.685. The van der Waals surface area contributed by atoms with Gasteiger partial charge in [-0.1, -0.05) is 310 Å². The van der Waals surface area contributed by atoms with Crippen molar-refractivity contribution < 1.29 is 43.2 Å². The molecule has 15 nitrogen and oxygen atoms in total. The van der Waals surface area contributed by atoms with E-state index in [1.54, 1.807) is 16.7 Å². The molecule has 0 saturated carbocycles. The summed E-state index contributed by atoms with van der Waals surface area (Å²) in [5, 5.41) is 10.0. The summed E-state index contributed by atoms with van der Waals surface area (Å²) in [6, 6.07) is 3.70. The summed E-state index contributed by atoms with van der Waals surface area (Å²) in [6.07, 6.45) is 61.0. The Balaban J connectivity index is 1.33. The number of hydrogen-bond acceptors (Lipinski definition) is 11. The fourth-order valence-electron chi connectivity index (χ4n) is 13.4. The molecule has 4 rings (SSSR count). The summed E-state index contributed by atoms with van der Waals surface area (Å²) < 4.78 is 32.8. The number of carbonyl (C=O) groups excluding carboxylic acids is 3. The molecule has 3 atom stereocenters. The Kier molecular flexibility index (Phi) is 47.7. The Morgan fingerprint density at radius 3 is 1.18 bits per heavy atom. The molecule has 94 heavy (non-hydrogen) atoms. The van der Waals surface area contributed by atoms with Gasteiger partial charge in [0.2, 0.25) is 11.7 Å². The second kappa shape index (κ2) is 54.6. The van der Waals surface area contributed by atoms with E-state index in [2.05, 4.69) is 25.8 Å². The predicted molar refractivity (Wildman–Crippen MR) is 385 cm³/mol. The van der Waals surface area contributed by atoms with Crippen LogP contribution in [0.15, 0.2) is 27.9 Å². The molecule has 2 saturated heterocycles. The van der Waals surface area contributed by atoms with E-state index >= 15 is 0 Å². The van der Waals surface area contributed by atoms with Crippen LogP contribution in [0.3, 0.4) is 0 Å².